The lowest BCUT2D eigenvalue weighted by molar-refractivity contribution is -0.198. The van der Waals surface area contributed by atoms with Crippen LogP contribution in [0.25, 0.3) is 0 Å². The van der Waals surface area contributed by atoms with E-state index in [4.69, 9.17) is 9.47 Å². The van der Waals surface area contributed by atoms with Crippen LogP contribution in [0.5, 0.6) is 0 Å². The number of hydrogen-bond donors (Lipinski definition) is 1. The van der Waals surface area contributed by atoms with Gasteiger partial charge in [-0.2, -0.15) is 0 Å². The lowest BCUT2D eigenvalue weighted by Gasteiger charge is -2.34. The zero-order valence-electron chi connectivity index (χ0n) is 34.4. The zero-order chi connectivity index (χ0) is 36.8. The van der Waals surface area contributed by atoms with Crippen molar-refractivity contribution in [1.29, 1.82) is 0 Å². The Bertz CT molecular complexity index is 879. The van der Waals surface area contributed by atoms with Crippen molar-refractivity contribution in [3.63, 3.8) is 0 Å². The molecule has 2 rings (SSSR count). The third kappa shape index (κ3) is 21.3. The predicted octanol–water partition coefficient (Wildman–Crippen LogP) is 12.1. The molecule has 0 unspecified atom stereocenters. The molecule has 0 radical (unpaired) electrons. The molecule has 5 nitrogen and oxygen atoms in total. The second kappa shape index (κ2) is 30.1. The molecule has 0 aliphatic carbocycles. The van der Waals surface area contributed by atoms with E-state index in [1.54, 1.807) is 0 Å². The van der Waals surface area contributed by atoms with E-state index >= 15 is 0 Å². The summed E-state index contributed by atoms with van der Waals surface area (Å²) in [4.78, 5) is 4.47. The third-order valence-corrected chi connectivity index (χ3v) is 11.0. The van der Waals surface area contributed by atoms with Gasteiger partial charge in [0.05, 0.1) is 12.1 Å². The van der Waals surface area contributed by atoms with Gasteiger partial charge in [-0.25, -0.2) is 0 Å². The molecule has 5 heteroatoms. The maximum atomic E-state index is 11.5. The molecule has 0 aromatic heterocycles. The second-order valence-corrected chi connectivity index (χ2v) is 16.1. The van der Waals surface area contributed by atoms with Crippen LogP contribution in [-0.4, -0.2) is 79.3 Å². The van der Waals surface area contributed by atoms with Crippen LogP contribution < -0.4 is 0 Å². The fourth-order valence-electron chi connectivity index (χ4n) is 7.75. The Morgan fingerprint density at radius 2 is 0.980 bits per heavy atom. The number of ether oxygens (including phenoxy) is 2. The van der Waals surface area contributed by atoms with Gasteiger partial charge < -0.3 is 24.4 Å². The van der Waals surface area contributed by atoms with Gasteiger partial charge in [0.15, 0.2) is 5.79 Å². The molecule has 2 aliphatic rings. The Labute approximate surface area is 317 Å². The molecular weight excluding hydrogens is 629 g/mol. The van der Waals surface area contributed by atoms with E-state index in [2.05, 4.69) is 93.4 Å². The number of allylic oxidation sites excluding steroid dienone is 8. The van der Waals surface area contributed by atoms with E-state index in [9.17, 15) is 5.11 Å². The van der Waals surface area contributed by atoms with Crippen LogP contribution in [0.3, 0.4) is 0 Å². The molecule has 4 atom stereocenters. The first-order valence-corrected chi connectivity index (χ1v) is 21.9. The molecule has 0 aromatic carbocycles. The van der Waals surface area contributed by atoms with Crippen molar-refractivity contribution in [3.8, 4) is 0 Å². The van der Waals surface area contributed by atoms with Crippen molar-refractivity contribution in [1.82, 2.24) is 9.80 Å². The highest BCUT2D eigenvalue weighted by atomic mass is 16.8. The van der Waals surface area contributed by atoms with Crippen LogP contribution in [-0.2, 0) is 9.47 Å². The van der Waals surface area contributed by atoms with E-state index in [0.717, 1.165) is 51.6 Å². The molecule has 296 valence electrons. The van der Waals surface area contributed by atoms with Crippen LogP contribution in [0.15, 0.2) is 48.6 Å². The summed E-state index contributed by atoms with van der Waals surface area (Å²) in [5.74, 6) is -0.546. The number of likely N-dealkylation sites (N-methyl/N-ethyl adjacent to an activating group) is 2. The lowest BCUT2D eigenvalue weighted by Crippen LogP contribution is -2.50. The molecule has 2 fully saturated rings. The normalized spacial score (nSPS) is 24.7. The molecule has 51 heavy (non-hydrogen) atoms. The van der Waals surface area contributed by atoms with E-state index in [1.807, 2.05) is 0 Å². The molecule has 0 amide bonds. The van der Waals surface area contributed by atoms with Crippen LogP contribution in [0.1, 0.15) is 181 Å². The van der Waals surface area contributed by atoms with Gasteiger partial charge in [-0.05, 0) is 98.2 Å². The topological polar surface area (TPSA) is 45.2 Å². The summed E-state index contributed by atoms with van der Waals surface area (Å²) < 4.78 is 13.8. The minimum Gasteiger partial charge on any atom is -0.389 e. The third-order valence-electron chi connectivity index (χ3n) is 11.0. The fraction of sp³-hybridized carbons (Fsp3) is 0.826. The maximum absolute atomic E-state index is 11.5. The molecule has 2 heterocycles. The van der Waals surface area contributed by atoms with Crippen LogP contribution >= 0.6 is 0 Å². The Balaban J connectivity index is 1.70. The highest BCUT2D eigenvalue weighted by Gasteiger charge is 2.52. The zero-order valence-corrected chi connectivity index (χ0v) is 34.4. The quantitative estimate of drug-likeness (QED) is 0.0573. The molecule has 2 aliphatic heterocycles. The second-order valence-electron chi connectivity index (χ2n) is 16.1. The number of fused-ring (bicyclic) bond motifs is 1. The van der Waals surface area contributed by atoms with Gasteiger partial charge in [0.1, 0.15) is 12.2 Å². The molecular formula is C46H84N2O3. The van der Waals surface area contributed by atoms with E-state index < -0.39 is 11.9 Å². The Morgan fingerprint density at radius 3 is 1.41 bits per heavy atom. The summed E-state index contributed by atoms with van der Waals surface area (Å²) >= 11 is 0. The number of hydrogen-bond acceptors (Lipinski definition) is 5. The fourth-order valence-corrected chi connectivity index (χ4v) is 7.75. The monoisotopic (exact) mass is 713 g/mol. The number of rotatable bonds is 31. The van der Waals surface area contributed by atoms with Crippen molar-refractivity contribution in [2.24, 2.45) is 0 Å². The SMILES string of the molecule is CCCCCC=CCC=CCCCCCCCCC1(CCCCCCCCC=CCC=CCCCCC)O[C@H]2[C@H](O)[C@@H](N(C)C)CN(C)C[C@H]2O1. The van der Waals surface area contributed by atoms with Crippen LogP contribution in [0.2, 0.25) is 0 Å². The van der Waals surface area contributed by atoms with Gasteiger partial charge in [0.25, 0.3) is 0 Å². The van der Waals surface area contributed by atoms with Crippen molar-refractivity contribution in [2.75, 3.05) is 34.2 Å². The highest BCUT2D eigenvalue weighted by molar-refractivity contribution is 4.99. The highest BCUT2D eigenvalue weighted by Crippen LogP contribution is 2.41. The summed E-state index contributed by atoms with van der Waals surface area (Å²) in [6, 6.07) is 0.0492. The maximum Gasteiger partial charge on any atom is 0.169 e. The van der Waals surface area contributed by atoms with Crippen molar-refractivity contribution in [2.45, 2.75) is 211 Å². The van der Waals surface area contributed by atoms with E-state index in [0.29, 0.717) is 0 Å². The molecule has 0 spiro atoms. The summed E-state index contributed by atoms with van der Waals surface area (Å²) in [6.45, 7) is 6.18. The molecule has 0 bridgehead atoms. The number of unbranched alkanes of at least 4 members (excludes halogenated alkanes) is 18. The minimum absolute atomic E-state index is 0.0492. The Hall–Kier alpha value is -1.24. The lowest BCUT2D eigenvalue weighted by atomic mass is 9.98. The van der Waals surface area contributed by atoms with E-state index in [-0.39, 0.29) is 18.2 Å². The first-order chi connectivity index (χ1) is 24.9. The smallest absolute Gasteiger partial charge is 0.169 e. The number of aliphatic hydroxyl groups excluding tert-OH is 1. The van der Waals surface area contributed by atoms with Crippen molar-refractivity contribution in [3.05, 3.63) is 48.6 Å². The summed E-state index contributed by atoms with van der Waals surface area (Å²) in [6.07, 6.45) is 49.9. The average molecular weight is 713 g/mol. The summed E-state index contributed by atoms with van der Waals surface area (Å²) in [5.41, 5.74) is 0. The Morgan fingerprint density at radius 1 is 0.569 bits per heavy atom. The van der Waals surface area contributed by atoms with Gasteiger partial charge >= 0.3 is 0 Å². The predicted molar refractivity (Wildman–Crippen MR) is 221 cm³/mol. The van der Waals surface area contributed by atoms with Gasteiger partial charge in [-0.3, -0.25) is 0 Å². The number of likely N-dealkylation sites (tertiary alicyclic amines) is 1. The van der Waals surface area contributed by atoms with Gasteiger partial charge in [0.2, 0.25) is 0 Å². The van der Waals surface area contributed by atoms with Crippen molar-refractivity contribution >= 4 is 0 Å². The summed E-state index contributed by atoms with van der Waals surface area (Å²) in [7, 11) is 6.29. The van der Waals surface area contributed by atoms with Gasteiger partial charge in [-0.1, -0.05) is 140 Å². The molecule has 2 saturated heterocycles. The number of nitrogens with zero attached hydrogens (tertiary/aromatic N) is 2. The summed E-state index contributed by atoms with van der Waals surface area (Å²) in [5, 5.41) is 11.5. The largest absolute Gasteiger partial charge is 0.389 e. The molecule has 1 N–H and O–H groups in total. The minimum atomic E-state index is -0.546. The average Bonchev–Trinajstić information content (AvgIpc) is 3.42. The first-order valence-electron chi connectivity index (χ1n) is 21.9. The molecule has 0 aromatic rings. The van der Waals surface area contributed by atoms with Crippen LogP contribution in [0, 0.1) is 0 Å². The van der Waals surface area contributed by atoms with E-state index in [1.165, 1.54) is 128 Å². The molecule has 0 saturated carbocycles. The van der Waals surface area contributed by atoms with Gasteiger partial charge in [0, 0.05) is 25.9 Å². The first kappa shape index (κ1) is 45.9. The Kier molecular flexibility index (Phi) is 27.1. The standard InChI is InChI=1S/C46H84N2O3/c1-6-8-10-12-14-16-18-20-22-24-26-28-30-32-34-36-38-46(50-43-41-48(5)40-42(47(3)4)44(49)45(43)51-46)39-37-35-33-31-29-27-25-23-21-19-17-15-13-11-9-7-2/h14-17,20-23,42-45,49H,6-13,18-19,24-41H2,1-5H3/t42-,43+,44+,45+,46?/m0/s1. The van der Waals surface area contributed by atoms with Gasteiger partial charge in [-0.15, -0.1) is 0 Å². The van der Waals surface area contributed by atoms with Crippen molar-refractivity contribution < 1.29 is 14.6 Å². The number of aliphatic hydroxyl groups is 1. The van der Waals surface area contributed by atoms with Crippen LogP contribution in [0.4, 0.5) is 0 Å².